The van der Waals surface area contributed by atoms with Gasteiger partial charge in [0.25, 0.3) is 0 Å². The van der Waals surface area contributed by atoms with E-state index in [0.29, 0.717) is 12.5 Å². The summed E-state index contributed by atoms with van der Waals surface area (Å²) in [6.07, 6.45) is 2.90. The maximum Gasteiger partial charge on any atom is 0.0911 e. The van der Waals surface area contributed by atoms with E-state index in [1.807, 2.05) is 0 Å². The average Bonchev–Trinajstić information content (AvgIpc) is 2.43. The number of hydrogen-bond acceptors (Lipinski definition) is 2. The third-order valence-corrected chi connectivity index (χ3v) is 3.54. The van der Waals surface area contributed by atoms with Gasteiger partial charge in [-0.15, -0.1) is 0 Å². The first-order valence-corrected chi connectivity index (χ1v) is 7.00. The first kappa shape index (κ1) is 13.3. The second-order valence-electron chi connectivity index (χ2n) is 4.88. The van der Waals surface area contributed by atoms with Crippen molar-refractivity contribution in [2.75, 3.05) is 31.2 Å². The number of para-hydroxylation sites is 1. The number of benzene rings is 1. The lowest BCUT2D eigenvalue weighted by atomic mass is 9.96. The SMILES string of the molecule is CCCNC1CCN(CCCF)c2ccccc21. The van der Waals surface area contributed by atoms with Crippen molar-refractivity contribution in [2.24, 2.45) is 0 Å². The lowest BCUT2D eigenvalue weighted by Crippen LogP contribution is -2.36. The molecule has 0 amide bonds. The van der Waals surface area contributed by atoms with E-state index in [0.717, 1.165) is 32.5 Å². The zero-order valence-electron chi connectivity index (χ0n) is 11.2. The number of rotatable bonds is 6. The molecule has 18 heavy (non-hydrogen) atoms. The van der Waals surface area contributed by atoms with Crippen molar-refractivity contribution in [3.63, 3.8) is 0 Å². The molecule has 0 spiro atoms. The predicted octanol–water partition coefficient (Wildman–Crippen LogP) is 3.30. The fourth-order valence-electron chi connectivity index (χ4n) is 2.64. The van der Waals surface area contributed by atoms with Gasteiger partial charge in [0, 0.05) is 24.8 Å². The van der Waals surface area contributed by atoms with Gasteiger partial charge in [-0.2, -0.15) is 0 Å². The molecule has 0 saturated heterocycles. The van der Waals surface area contributed by atoms with Crippen LogP contribution < -0.4 is 10.2 Å². The molecular weight excluding hydrogens is 227 g/mol. The molecule has 1 atom stereocenters. The minimum absolute atomic E-state index is 0.226. The summed E-state index contributed by atoms with van der Waals surface area (Å²) >= 11 is 0. The van der Waals surface area contributed by atoms with Crippen LogP contribution in [0.4, 0.5) is 10.1 Å². The first-order chi connectivity index (χ1) is 8.86. The summed E-state index contributed by atoms with van der Waals surface area (Å²) in [6.45, 7) is 4.88. The van der Waals surface area contributed by atoms with Crippen molar-refractivity contribution in [3.8, 4) is 0 Å². The first-order valence-electron chi connectivity index (χ1n) is 7.00. The van der Waals surface area contributed by atoms with E-state index < -0.39 is 0 Å². The molecule has 3 heteroatoms. The predicted molar refractivity (Wildman–Crippen MR) is 74.9 cm³/mol. The van der Waals surface area contributed by atoms with Crippen LogP contribution in [0.15, 0.2) is 24.3 Å². The van der Waals surface area contributed by atoms with E-state index in [2.05, 4.69) is 41.4 Å². The standard InChI is InChI=1S/C15H23FN2/c1-2-10-17-14-8-12-18(11-5-9-16)15-7-4-3-6-13(14)15/h3-4,6-7,14,17H,2,5,8-12H2,1H3. The summed E-state index contributed by atoms with van der Waals surface area (Å²) in [5, 5.41) is 3.60. The quantitative estimate of drug-likeness (QED) is 0.833. The largest absolute Gasteiger partial charge is 0.371 e. The highest BCUT2D eigenvalue weighted by Gasteiger charge is 2.23. The molecule has 1 aromatic carbocycles. The summed E-state index contributed by atoms with van der Waals surface area (Å²) in [5.74, 6) is 0. The molecule has 1 aromatic rings. The molecular formula is C15H23FN2. The van der Waals surface area contributed by atoms with Gasteiger partial charge in [-0.1, -0.05) is 25.1 Å². The van der Waals surface area contributed by atoms with Gasteiger partial charge in [0.05, 0.1) is 6.67 Å². The molecule has 100 valence electrons. The van der Waals surface area contributed by atoms with Crippen LogP contribution in [0.3, 0.4) is 0 Å². The summed E-state index contributed by atoms with van der Waals surface area (Å²) in [4.78, 5) is 2.32. The highest BCUT2D eigenvalue weighted by molar-refractivity contribution is 5.56. The van der Waals surface area contributed by atoms with E-state index in [-0.39, 0.29) is 6.67 Å². The van der Waals surface area contributed by atoms with E-state index in [1.54, 1.807) is 0 Å². The fourth-order valence-corrected chi connectivity index (χ4v) is 2.64. The zero-order chi connectivity index (χ0) is 12.8. The monoisotopic (exact) mass is 250 g/mol. The molecule has 2 rings (SSSR count). The Bertz CT molecular complexity index is 332. The van der Waals surface area contributed by atoms with E-state index in [9.17, 15) is 4.39 Å². The minimum atomic E-state index is -0.226. The van der Waals surface area contributed by atoms with Crippen molar-refractivity contribution in [1.82, 2.24) is 5.32 Å². The molecule has 1 unspecified atom stereocenters. The topological polar surface area (TPSA) is 15.3 Å². The van der Waals surface area contributed by atoms with Gasteiger partial charge in [0.1, 0.15) is 0 Å². The summed E-state index contributed by atoms with van der Waals surface area (Å²) in [5.41, 5.74) is 2.65. The molecule has 1 aliphatic rings. The fraction of sp³-hybridized carbons (Fsp3) is 0.600. The molecule has 1 N–H and O–H groups in total. The molecule has 1 aliphatic heterocycles. The Morgan fingerprint density at radius 3 is 3.00 bits per heavy atom. The van der Waals surface area contributed by atoms with Crippen LogP contribution in [-0.2, 0) is 0 Å². The van der Waals surface area contributed by atoms with Gasteiger partial charge in [-0.05, 0) is 37.4 Å². The van der Waals surface area contributed by atoms with Gasteiger partial charge >= 0.3 is 0 Å². The Hall–Kier alpha value is -1.09. The highest BCUT2D eigenvalue weighted by Crippen LogP contribution is 2.33. The number of anilines is 1. The lowest BCUT2D eigenvalue weighted by molar-refractivity contribution is 0.449. The Labute approximate surface area is 109 Å². The van der Waals surface area contributed by atoms with Crippen LogP contribution in [-0.4, -0.2) is 26.3 Å². The van der Waals surface area contributed by atoms with E-state index in [1.165, 1.54) is 11.3 Å². The minimum Gasteiger partial charge on any atom is -0.371 e. The van der Waals surface area contributed by atoms with Gasteiger partial charge in [-0.25, -0.2) is 0 Å². The lowest BCUT2D eigenvalue weighted by Gasteiger charge is -2.36. The second-order valence-corrected chi connectivity index (χ2v) is 4.88. The third kappa shape index (κ3) is 3.02. The van der Waals surface area contributed by atoms with Crippen LogP contribution in [0, 0.1) is 0 Å². The van der Waals surface area contributed by atoms with Gasteiger partial charge in [0.15, 0.2) is 0 Å². The number of fused-ring (bicyclic) bond motifs is 1. The van der Waals surface area contributed by atoms with Crippen molar-refractivity contribution in [2.45, 2.75) is 32.2 Å². The van der Waals surface area contributed by atoms with Crippen molar-refractivity contribution in [1.29, 1.82) is 0 Å². The normalized spacial score (nSPS) is 18.8. The Balaban J connectivity index is 2.12. The number of alkyl halides is 1. The number of nitrogens with zero attached hydrogens (tertiary/aromatic N) is 1. The number of nitrogens with one attached hydrogen (secondary N) is 1. The Kier molecular flexibility index (Phi) is 5.00. The van der Waals surface area contributed by atoms with Crippen LogP contribution in [0.1, 0.15) is 37.8 Å². The smallest absolute Gasteiger partial charge is 0.0911 e. The molecule has 0 radical (unpaired) electrons. The molecule has 0 saturated carbocycles. The van der Waals surface area contributed by atoms with Gasteiger partial charge in [0.2, 0.25) is 0 Å². The maximum atomic E-state index is 12.3. The van der Waals surface area contributed by atoms with Crippen LogP contribution in [0.2, 0.25) is 0 Å². The number of hydrogen-bond donors (Lipinski definition) is 1. The maximum absolute atomic E-state index is 12.3. The van der Waals surface area contributed by atoms with Crippen LogP contribution in [0.5, 0.6) is 0 Å². The molecule has 0 aliphatic carbocycles. The number of halogens is 1. The van der Waals surface area contributed by atoms with Gasteiger partial charge < -0.3 is 10.2 Å². The Morgan fingerprint density at radius 1 is 1.39 bits per heavy atom. The van der Waals surface area contributed by atoms with Crippen molar-refractivity contribution in [3.05, 3.63) is 29.8 Å². The Morgan fingerprint density at radius 2 is 2.22 bits per heavy atom. The van der Waals surface area contributed by atoms with Crippen molar-refractivity contribution < 1.29 is 4.39 Å². The molecule has 0 aromatic heterocycles. The zero-order valence-corrected chi connectivity index (χ0v) is 11.2. The van der Waals surface area contributed by atoms with Gasteiger partial charge in [-0.3, -0.25) is 4.39 Å². The van der Waals surface area contributed by atoms with Crippen molar-refractivity contribution >= 4 is 5.69 Å². The summed E-state index contributed by atoms with van der Waals surface area (Å²) in [7, 11) is 0. The summed E-state index contributed by atoms with van der Waals surface area (Å²) < 4.78 is 12.3. The average molecular weight is 250 g/mol. The molecule has 0 fully saturated rings. The molecule has 0 bridgehead atoms. The highest BCUT2D eigenvalue weighted by atomic mass is 19.1. The van der Waals surface area contributed by atoms with E-state index in [4.69, 9.17) is 0 Å². The second kappa shape index (κ2) is 6.74. The van der Waals surface area contributed by atoms with Crippen LogP contribution in [0.25, 0.3) is 0 Å². The molecule has 1 heterocycles. The van der Waals surface area contributed by atoms with E-state index >= 15 is 0 Å². The molecule has 2 nitrogen and oxygen atoms in total. The van der Waals surface area contributed by atoms with Crippen LogP contribution >= 0.6 is 0 Å². The third-order valence-electron chi connectivity index (χ3n) is 3.54. The summed E-state index contributed by atoms with van der Waals surface area (Å²) in [6, 6.07) is 8.99.